The lowest BCUT2D eigenvalue weighted by molar-refractivity contribution is 0.293. The smallest absolute Gasteiger partial charge is 0.00966 e. The lowest BCUT2D eigenvalue weighted by atomic mass is 9.90. The van der Waals surface area contributed by atoms with Gasteiger partial charge in [-0.25, -0.2) is 0 Å². The van der Waals surface area contributed by atoms with Gasteiger partial charge < -0.3 is 10.6 Å². The Balaban J connectivity index is 2.12. The Morgan fingerprint density at radius 2 is 1.82 bits per heavy atom. The summed E-state index contributed by atoms with van der Waals surface area (Å²) in [5.41, 5.74) is 0.249. The van der Waals surface area contributed by atoms with Crippen molar-refractivity contribution in [2.45, 2.75) is 71.9 Å². The molecule has 0 aromatic heterocycles. The molecular formula is C15H32N2. The SMILES string of the molecule is CC(C)C(CCCNC1CC1)CNC(C)(C)C. The Labute approximate surface area is 108 Å². The highest BCUT2D eigenvalue weighted by Crippen LogP contribution is 2.20. The Morgan fingerprint density at radius 1 is 1.18 bits per heavy atom. The van der Waals surface area contributed by atoms with E-state index < -0.39 is 0 Å². The van der Waals surface area contributed by atoms with Crippen molar-refractivity contribution in [2.24, 2.45) is 11.8 Å². The Hall–Kier alpha value is -0.0800. The van der Waals surface area contributed by atoms with E-state index in [1.165, 1.54) is 32.2 Å². The molecule has 1 saturated carbocycles. The van der Waals surface area contributed by atoms with Crippen LogP contribution in [0.4, 0.5) is 0 Å². The molecule has 0 aromatic carbocycles. The molecule has 1 unspecified atom stereocenters. The molecule has 1 rings (SSSR count). The summed E-state index contributed by atoms with van der Waals surface area (Å²) < 4.78 is 0. The van der Waals surface area contributed by atoms with Crippen molar-refractivity contribution in [3.8, 4) is 0 Å². The Kier molecular flexibility index (Phi) is 5.94. The topological polar surface area (TPSA) is 24.1 Å². The minimum atomic E-state index is 0.249. The lowest BCUT2D eigenvalue weighted by Crippen LogP contribution is -2.40. The zero-order valence-corrected chi connectivity index (χ0v) is 12.5. The molecule has 1 aliphatic carbocycles. The average molecular weight is 240 g/mol. The van der Waals surface area contributed by atoms with Crippen LogP contribution in [0.3, 0.4) is 0 Å². The van der Waals surface area contributed by atoms with E-state index in [0.717, 1.165) is 24.4 Å². The molecule has 0 aromatic rings. The first-order valence-electron chi connectivity index (χ1n) is 7.37. The first kappa shape index (κ1) is 15.0. The number of hydrogen-bond donors (Lipinski definition) is 2. The van der Waals surface area contributed by atoms with Crippen molar-refractivity contribution in [3.63, 3.8) is 0 Å². The van der Waals surface area contributed by atoms with Gasteiger partial charge in [0, 0.05) is 11.6 Å². The van der Waals surface area contributed by atoms with Crippen molar-refractivity contribution < 1.29 is 0 Å². The third-order valence-corrected chi connectivity index (χ3v) is 3.60. The highest BCUT2D eigenvalue weighted by molar-refractivity contribution is 4.81. The maximum atomic E-state index is 3.64. The van der Waals surface area contributed by atoms with E-state index >= 15 is 0 Å². The van der Waals surface area contributed by atoms with Crippen LogP contribution in [-0.2, 0) is 0 Å². The van der Waals surface area contributed by atoms with E-state index in [9.17, 15) is 0 Å². The molecule has 0 heterocycles. The number of nitrogens with one attached hydrogen (secondary N) is 2. The van der Waals surface area contributed by atoms with Crippen LogP contribution in [-0.4, -0.2) is 24.7 Å². The maximum Gasteiger partial charge on any atom is 0.00966 e. The molecule has 102 valence electrons. The van der Waals surface area contributed by atoms with Crippen LogP contribution in [0.1, 0.15) is 60.3 Å². The van der Waals surface area contributed by atoms with Gasteiger partial charge in [0.05, 0.1) is 0 Å². The minimum Gasteiger partial charge on any atom is -0.314 e. The predicted molar refractivity (Wildman–Crippen MR) is 76.3 cm³/mol. The van der Waals surface area contributed by atoms with Crippen molar-refractivity contribution in [3.05, 3.63) is 0 Å². The van der Waals surface area contributed by atoms with E-state index in [1.807, 2.05) is 0 Å². The van der Waals surface area contributed by atoms with Crippen molar-refractivity contribution in [1.29, 1.82) is 0 Å². The van der Waals surface area contributed by atoms with Gasteiger partial charge in [0.25, 0.3) is 0 Å². The van der Waals surface area contributed by atoms with E-state index in [-0.39, 0.29) is 5.54 Å². The van der Waals surface area contributed by atoms with Crippen LogP contribution < -0.4 is 10.6 Å². The van der Waals surface area contributed by atoms with E-state index in [2.05, 4.69) is 45.3 Å². The van der Waals surface area contributed by atoms with Crippen LogP contribution in [0, 0.1) is 11.8 Å². The van der Waals surface area contributed by atoms with Crippen molar-refractivity contribution >= 4 is 0 Å². The molecule has 1 fully saturated rings. The largest absolute Gasteiger partial charge is 0.314 e. The zero-order valence-electron chi connectivity index (χ0n) is 12.5. The molecule has 0 aliphatic heterocycles. The third kappa shape index (κ3) is 7.77. The van der Waals surface area contributed by atoms with E-state index in [4.69, 9.17) is 0 Å². The normalized spacial score (nSPS) is 18.7. The molecule has 0 radical (unpaired) electrons. The molecule has 0 amide bonds. The number of rotatable bonds is 8. The fourth-order valence-corrected chi connectivity index (χ4v) is 2.07. The van der Waals surface area contributed by atoms with E-state index in [1.54, 1.807) is 0 Å². The molecule has 2 heteroatoms. The fourth-order valence-electron chi connectivity index (χ4n) is 2.07. The molecule has 0 bridgehead atoms. The van der Waals surface area contributed by atoms with Crippen LogP contribution in [0.5, 0.6) is 0 Å². The molecule has 17 heavy (non-hydrogen) atoms. The molecule has 0 spiro atoms. The summed E-state index contributed by atoms with van der Waals surface area (Å²) in [5, 5.41) is 7.25. The van der Waals surface area contributed by atoms with Crippen molar-refractivity contribution in [1.82, 2.24) is 10.6 Å². The number of hydrogen-bond acceptors (Lipinski definition) is 2. The molecular weight excluding hydrogens is 208 g/mol. The third-order valence-electron chi connectivity index (χ3n) is 3.60. The first-order chi connectivity index (χ1) is 7.88. The van der Waals surface area contributed by atoms with Crippen molar-refractivity contribution in [2.75, 3.05) is 13.1 Å². The first-order valence-corrected chi connectivity index (χ1v) is 7.37. The van der Waals surface area contributed by atoms with Gasteiger partial charge in [0.1, 0.15) is 0 Å². The van der Waals surface area contributed by atoms with Gasteiger partial charge in [-0.1, -0.05) is 13.8 Å². The van der Waals surface area contributed by atoms with Crippen LogP contribution in [0.25, 0.3) is 0 Å². The monoisotopic (exact) mass is 240 g/mol. The highest BCUT2D eigenvalue weighted by Gasteiger charge is 2.20. The Bertz CT molecular complexity index is 201. The molecule has 0 saturated heterocycles. The van der Waals surface area contributed by atoms with Gasteiger partial charge >= 0.3 is 0 Å². The summed E-state index contributed by atoms with van der Waals surface area (Å²) in [6, 6.07) is 0.861. The standard InChI is InChI=1S/C15H32N2/c1-12(2)13(11-17-15(3,4)5)7-6-10-16-14-8-9-14/h12-14,16-17H,6-11H2,1-5H3. The quantitative estimate of drug-likeness (QED) is 0.637. The molecule has 1 atom stereocenters. The van der Waals surface area contributed by atoms with Crippen LogP contribution in [0.2, 0.25) is 0 Å². The van der Waals surface area contributed by atoms with Gasteiger partial charge in [-0.3, -0.25) is 0 Å². The minimum absolute atomic E-state index is 0.249. The maximum absolute atomic E-state index is 3.64. The summed E-state index contributed by atoms with van der Waals surface area (Å²) in [7, 11) is 0. The summed E-state index contributed by atoms with van der Waals surface area (Å²) in [4.78, 5) is 0. The summed E-state index contributed by atoms with van der Waals surface area (Å²) in [6.45, 7) is 13.8. The van der Waals surface area contributed by atoms with Gasteiger partial charge in [0.15, 0.2) is 0 Å². The van der Waals surface area contributed by atoms with E-state index in [0.29, 0.717) is 0 Å². The van der Waals surface area contributed by atoms with Gasteiger partial charge in [-0.15, -0.1) is 0 Å². The summed E-state index contributed by atoms with van der Waals surface area (Å²) in [6.07, 6.45) is 5.48. The second kappa shape index (κ2) is 6.75. The van der Waals surface area contributed by atoms with Gasteiger partial charge in [0.2, 0.25) is 0 Å². The lowest BCUT2D eigenvalue weighted by Gasteiger charge is -2.27. The second-order valence-electron chi connectivity index (χ2n) is 7.01. The Morgan fingerprint density at radius 3 is 2.29 bits per heavy atom. The highest BCUT2D eigenvalue weighted by atomic mass is 15.0. The predicted octanol–water partition coefficient (Wildman–Crippen LogP) is 3.18. The summed E-state index contributed by atoms with van der Waals surface area (Å²) in [5.74, 6) is 1.60. The molecule has 1 aliphatic rings. The van der Waals surface area contributed by atoms with Gasteiger partial charge in [-0.2, -0.15) is 0 Å². The van der Waals surface area contributed by atoms with Gasteiger partial charge in [-0.05, 0) is 71.4 Å². The molecule has 2 N–H and O–H groups in total. The summed E-state index contributed by atoms with van der Waals surface area (Å²) >= 11 is 0. The fraction of sp³-hybridized carbons (Fsp3) is 1.00. The van der Waals surface area contributed by atoms with Crippen LogP contribution >= 0.6 is 0 Å². The van der Waals surface area contributed by atoms with Crippen LogP contribution in [0.15, 0.2) is 0 Å². The molecule has 2 nitrogen and oxygen atoms in total. The second-order valence-corrected chi connectivity index (χ2v) is 7.01. The average Bonchev–Trinajstić information content (AvgIpc) is 2.98. The zero-order chi connectivity index (χ0) is 12.9.